The van der Waals surface area contributed by atoms with Crippen LogP contribution in [0.1, 0.15) is 16.8 Å². The van der Waals surface area contributed by atoms with Crippen molar-refractivity contribution in [3.05, 3.63) is 23.9 Å². The molecule has 6 nitrogen and oxygen atoms in total. The van der Waals surface area contributed by atoms with Crippen molar-refractivity contribution in [3.63, 3.8) is 0 Å². The normalized spacial score (nSPS) is 9.60. The zero-order chi connectivity index (χ0) is 11.3. The van der Waals surface area contributed by atoms with Gasteiger partial charge in [0.2, 0.25) is 5.91 Å². The lowest BCUT2D eigenvalue weighted by molar-refractivity contribution is -0.117. The molecule has 6 heteroatoms. The fourth-order valence-corrected chi connectivity index (χ4v) is 1.05. The number of rotatable bonds is 5. The highest BCUT2D eigenvalue weighted by molar-refractivity contribution is 5.97. The number of carbonyl (C=O) groups is 2. The molecule has 1 aromatic rings. The minimum absolute atomic E-state index is 0.175. The van der Waals surface area contributed by atoms with Gasteiger partial charge in [-0.15, -0.1) is 0 Å². The third kappa shape index (κ3) is 3.26. The summed E-state index contributed by atoms with van der Waals surface area (Å²) in [6.45, 7) is 0.326. The first-order chi connectivity index (χ1) is 7.11. The van der Waals surface area contributed by atoms with Gasteiger partial charge in [0.15, 0.2) is 0 Å². The summed E-state index contributed by atoms with van der Waals surface area (Å²) < 4.78 is 0. The molecule has 1 aromatic heterocycles. The second kappa shape index (κ2) is 4.94. The minimum Gasteiger partial charge on any atom is -0.370 e. The Kier molecular flexibility index (Phi) is 3.61. The van der Waals surface area contributed by atoms with E-state index in [1.807, 2.05) is 0 Å². The van der Waals surface area contributed by atoms with E-state index in [1.54, 1.807) is 12.1 Å². The molecule has 0 saturated heterocycles. The Morgan fingerprint density at radius 2 is 2.13 bits per heavy atom. The molecular weight excluding hydrogens is 196 g/mol. The molecular formula is C9H12N4O2. The number of primary amides is 2. The van der Waals surface area contributed by atoms with Crippen molar-refractivity contribution in [2.24, 2.45) is 11.5 Å². The van der Waals surface area contributed by atoms with E-state index < -0.39 is 11.8 Å². The van der Waals surface area contributed by atoms with Crippen LogP contribution in [-0.2, 0) is 4.79 Å². The summed E-state index contributed by atoms with van der Waals surface area (Å²) in [5.74, 6) is -0.616. The molecule has 0 aliphatic heterocycles. The van der Waals surface area contributed by atoms with Gasteiger partial charge in [0.1, 0.15) is 5.82 Å². The molecule has 0 fully saturated rings. The maximum absolute atomic E-state index is 11.0. The quantitative estimate of drug-likeness (QED) is 0.603. The summed E-state index contributed by atoms with van der Waals surface area (Å²) in [6, 6.07) is 3.17. The van der Waals surface area contributed by atoms with E-state index in [0.29, 0.717) is 17.9 Å². The van der Waals surface area contributed by atoms with Crippen molar-refractivity contribution in [2.75, 3.05) is 11.9 Å². The van der Waals surface area contributed by atoms with Gasteiger partial charge in [-0.1, -0.05) is 0 Å². The van der Waals surface area contributed by atoms with Crippen LogP contribution in [0.25, 0.3) is 0 Å². The van der Waals surface area contributed by atoms with Gasteiger partial charge in [-0.3, -0.25) is 9.59 Å². The number of anilines is 1. The Balaban J connectivity index is 2.67. The van der Waals surface area contributed by atoms with Crippen molar-refractivity contribution in [3.8, 4) is 0 Å². The van der Waals surface area contributed by atoms with Crippen molar-refractivity contribution >= 4 is 17.6 Å². The first-order valence-corrected chi connectivity index (χ1v) is 4.38. The minimum atomic E-state index is -0.565. The van der Waals surface area contributed by atoms with Crippen LogP contribution in [0.3, 0.4) is 0 Å². The lowest BCUT2D eigenvalue weighted by Crippen LogP contribution is -2.19. The number of nitrogens with one attached hydrogen (secondary N) is 1. The Morgan fingerprint density at radius 3 is 2.73 bits per heavy atom. The average molecular weight is 208 g/mol. The molecule has 1 heterocycles. The van der Waals surface area contributed by atoms with Crippen LogP contribution in [0.15, 0.2) is 18.3 Å². The SMILES string of the molecule is NC(=O)CCNc1ncccc1C(N)=O. The van der Waals surface area contributed by atoms with E-state index in [9.17, 15) is 9.59 Å². The predicted molar refractivity (Wildman–Crippen MR) is 55.1 cm³/mol. The zero-order valence-corrected chi connectivity index (χ0v) is 8.06. The number of hydrogen-bond acceptors (Lipinski definition) is 4. The number of pyridine rings is 1. The van der Waals surface area contributed by atoms with E-state index in [0.717, 1.165) is 0 Å². The first-order valence-electron chi connectivity index (χ1n) is 4.38. The zero-order valence-electron chi connectivity index (χ0n) is 8.06. The Hall–Kier alpha value is -2.11. The standard InChI is InChI=1S/C9H12N4O2/c10-7(14)3-5-13-9-6(8(11)15)2-1-4-12-9/h1-2,4H,3,5H2,(H2,10,14)(H2,11,15)(H,12,13). The average Bonchev–Trinajstić information content (AvgIpc) is 2.17. The van der Waals surface area contributed by atoms with Crippen LogP contribution in [-0.4, -0.2) is 23.3 Å². The highest BCUT2D eigenvalue weighted by atomic mass is 16.1. The van der Waals surface area contributed by atoms with Crippen molar-refractivity contribution in [1.29, 1.82) is 0 Å². The lowest BCUT2D eigenvalue weighted by Gasteiger charge is -2.06. The van der Waals surface area contributed by atoms with Crippen LogP contribution in [0.4, 0.5) is 5.82 Å². The number of nitrogens with two attached hydrogens (primary N) is 2. The molecule has 0 atom stereocenters. The third-order valence-corrected chi connectivity index (χ3v) is 1.74. The van der Waals surface area contributed by atoms with Crippen LogP contribution < -0.4 is 16.8 Å². The molecule has 0 aliphatic carbocycles. The summed E-state index contributed by atoms with van der Waals surface area (Å²) in [5, 5.41) is 2.81. The fourth-order valence-electron chi connectivity index (χ4n) is 1.05. The number of nitrogens with zero attached hydrogens (tertiary/aromatic N) is 1. The second-order valence-electron chi connectivity index (χ2n) is 2.91. The van der Waals surface area contributed by atoms with E-state index in [1.165, 1.54) is 6.20 Å². The molecule has 0 unspecified atom stereocenters. The molecule has 0 bridgehead atoms. The second-order valence-corrected chi connectivity index (χ2v) is 2.91. The number of hydrogen-bond donors (Lipinski definition) is 3. The molecule has 5 N–H and O–H groups in total. The smallest absolute Gasteiger partial charge is 0.252 e. The molecule has 0 aliphatic rings. The van der Waals surface area contributed by atoms with Gasteiger partial charge >= 0.3 is 0 Å². The number of aromatic nitrogens is 1. The van der Waals surface area contributed by atoms with Gasteiger partial charge in [-0.2, -0.15) is 0 Å². The van der Waals surface area contributed by atoms with Crippen molar-refractivity contribution in [2.45, 2.75) is 6.42 Å². The van der Waals surface area contributed by atoms with Crippen molar-refractivity contribution in [1.82, 2.24) is 4.98 Å². The molecule has 0 radical (unpaired) electrons. The summed E-state index contributed by atoms with van der Waals surface area (Å²) in [7, 11) is 0. The Labute approximate surface area is 86.7 Å². The van der Waals surface area contributed by atoms with Gasteiger partial charge in [0.05, 0.1) is 5.56 Å². The molecule has 15 heavy (non-hydrogen) atoms. The van der Waals surface area contributed by atoms with Crippen LogP contribution in [0.2, 0.25) is 0 Å². The monoisotopic (exact) mass is 208 g/mol. The van der Waals surface area contributed by atoms with Gasteiger partial charge in [-0.05, 0) is 12.1 Å². The largest absolute Gasteiger partial charge is 0.370 e. The highest BCUT2D eigenvalue weighted by Crippen LogP contribution is 2.09. The van der Waals surface area contributed by atoms with Crippen LogP contribution in [0.5, 0.6) is 0 Å². The van der Waals surface area contributed by atoms with Gasteiger partial charge in [-0.25, -0.2) is 4.98 Å². The van der Waals surface area contributed by atoms with E-state index >= 15 is 0 Å². The topological polar surface area (TPSA) is 111 Å². The van der Waals surface area contributed by atoms with Crippen LogP contribution in [0, 0.1) is 0 Å². The maximum atomic E-state index is 11.0. The predicted octanol–water partition coefficient (Wildman–Crippen LogP) is -0.532. The highest BCUT2D eigenvalue weighted by Gasteiger charge is 2.07. The fraction of sp³-hybridized carbons (Fsp3) is 0.222. The lowest BCUT2D eigenvalue weighted by atomic mass is 10.2. The van der Waals surface area contributed by atoms with Gasteiger partial charge in [0, 0.05) is 19.2 Å². The summed E-state index contributed by atoms with van der Waals surface area (Å²) in [6.07, 6.45) is 1.70. The molecule has 0 saturated carbocycles. The van der Waals surface area contributed by atoms with Crippen molar-refractivity contribution < 1.29 is 9.59 Å². The Bertz CT molecular complexity index is 378. The molecule has 80 valence electrons. The molecule has 2 amide bonds. The third-order valence-electron chi connectivity index (χ3n) is 1.74. The van der Waals surface area contributed by atoms with E-state index in [2.05, 4.69) is 10.3 Å². The van der Waals surface area contributed by atoms with E-state index in [4.69, 9.17) is 11.5 Å². The van der Waals surface area contributed by atoms with Crippen LogP contribution >= 0.6 is 0 Å². The van der Waals surface area contributed by atoms with Gasteiger partial charge in [0.25, 0.3) is 5.91 Å². The van der Waals surface area contributed by atoms with E-state index in [-0.39, 0.29) is 6.42 Å². The summed E-state index contributed by atoms with van der Waals surface area (Å²) in [4.78, 5) is 25.4. The molecule has 0 spiro atoms. The summed E-state index contributed by atoms with van der Waals surface area (Å²) >= 11 is 0. The Morgan fingerprint density at radius 1 is 1.40 bits per heavy atom. The molecule has 0 aromatic carbocycles. The number of amides is 2. The first kappa shape index (κ1) is 11.0. The summed E-state index contributed by atoms with van der Waals surface area (Å²) in [5.41, 5.74) is 10.4. The maximum Gasteiger partial charge on any atom is 0.252 e. The molecule has 1 rings (SSSR count). The number of carbonyl (C=O) groups excluding carboxylic acids is 2. The van der Waals surface area contributed by atoms with Gasteiger partial charge < -0.3 is 16.8 Å².